The van der Waals surface area contributed by atoms with Crippen molar-refractivity contribution in [2.45, 2.75) is 6.92 Å². The maximum Gasteiger partial charge on any atom is 0.293 e. The number of anilines is 2. The molecule has 0 radical (unpaired) electrons. The number of ether oxygens (including phenoxy) is 3. The van der Waals surface area contributed by atoms with Crippen LogP contribution in [0.25, 0.3) is 11.0 Å². The lowest BCUT2D eigenvalue weighted by molar-refractivity contribution is -0.118. The van der Waals surface area contributed by atoms with Gasteiger partial charge in [-0.1, -0.05) is 24.3 Å². The minimum atomic E-state index is -0.525. The summed E-state index contributed by atoms with van der Waals surface area (Å²) in [6.45, 7) is 2.22. The summed E-state index contributed by atoms with van der Waals surface area (Å²) < 4.78 is 22.0. The first-order chi connectivity index (χ1) is 16.6. The molecule has 2 N–H and O–H groups in total. The van der Waals surface area contributed by atoms with Crippen molar-refractivity contribution in [3.05, 3.63) is 78.6 Å². The molecule has 2 amide bonds. The number of nitrogens with one attached hydrogen (secondary N) is 2. The van der Waals surface area contributed by atoms with Crippen LogP contribution in [0.2, 0.25) is 0 Å². The zero-order valence-electron chi connectivity index (χ0n) is 18.8. The van der Waals surface area contributed by atoms with Crippen molar-refractivity contribution in [3.63, 3.8) is 0 Å². The lowest BCUT2D eigenvalue weighted by Crippen LogP contribution is -2.22. The maximum absolute atomic E-state index is 13.1. The van der Waals surface area contributed by atoms with E-state index in [0.29, 0.717) is 34.8 Å². The predicted molar refractivity (Wildman–Crippen MR) is 129 cm³/mol. The van der Waals surface area contributed by atoms with E-state index in [2.05, 4.69) is 10.6 Å². The van der Waals surface area contributed by atoms with E-state index in [-0.39, 0.29) is 18.1 Å². The summed E-state index contributed by atoms with van der Waals surface area (Å²) in [4.78, 5) is 25.7. The largest absolute Gasteiger partial charge is 0.495 e. The molecule has 0 aliphatic heterocycles. The molecule has 4 aromatic rings. The number of hydrogen-bond donors (Lipinski definition) is 2. The third-order valence-electron chi connectivity index (χ3n) is 4.93. The minimum Gasteiger partial charge on any atom is -0.495 e. The molecule has 0 fully saturated rings. The number of benzene rings is 3. The highest BCUT2D eigenvalue weighted by Crippen LogP contribution is 2.32. The Labute approximate surface area is 196 Å². The van der Waals surface area contributed by atoms with Gasteiger partial charge in [0, 0.05) is 5.39 Å². The van der Waals surface area contributed by atoms with E-state index in [0.717, 1.165) is 5.75 Å². The number of amides is 2. The van der Waals surface area contributed by atoms with Crippen molar-refractivity contribution in [1.82, 2.24) is 0 Å². The lowest BCUT2D eigenvalue weighted by atomic mass is 10.2. The van der Waals surface area contributed by atoms with Crippen LogP contribution < -0.4 is 24.8 Å². The number of para-hydroxylation sites is 3. The molecule has 4 rings (SSSR count). The van der Waals surface area contributed by atoms with Crippen molar-refractivity contribution in [2.75, 3.05) is 31.0 Å². The van der Waals surface area contributed by atoms with Crippen LogP contribution in [0.15, 0.2) is 77.2 Å². The van der Waals surface area contributed by atoms with Crippen molar-refractivity contribution in [3.8, 4) is 17.2 Å². The molecule has 0 unspecified atom stereocenters. The molecule has 0 aliphatic rings. The van der Waals surface area contributed by atoms with Crippen LogP contribution in [-0.4, -0.2) is 32.1 Å². The van der Waals surface area contributed by atoms with Crippen molar-refractivity contribution < 1.29 is 28.2 Å². The summed E-state index contributed by atoms with van der Waals surface area (Å²) in [5.41, 5.74) is 1.21. The number of furan rings is 1. The Balaban J connectivity index is 1.51. The fourth-order valence-electron chi connectivity index (χ4n) is 3.38. The zero-order valence-corrected chi connectivity index (χ0v) is 18.8. The second-order valence-corrected chi connectivity index (χ2v) is 7.20. The van der Waals surface area contributed by atoms with Gasteiger partial charge in [0.25, 0.3) is 11.8 Å². The first-order valence-electron chi connectivity index (χ1n) is 10.7. The third kappa shape index (κ3) is 5.12. The van der Waals surface area contributed by atoms with Crippen LogP contribution in [-0.2, 0) is 4.79 Å². The van der Waals surface area contributed by atoms with E-state index < -0.39 is 11.8 Å². The highest BCUT2D eigenvalue weighted by atomic mass is 16.5. The number of carbonyl (C=O) groups excluding carboxylic acids is 2. The molecule has 0 bridgehead atoms. The maximum atomic E-state index is 13.1. The summed E-state index contributed by atoms with van der Waals surface area (Å²) in [6.07, 6.45) is 0. The molecule has 174 valence electrons. The van der Waals surface area contributed by atoms with Gasteiger partial charge in [0.2, 0.25) is 5.76 Å². The highest BCUT2D eigenvalue weighted by Gasteiger charge is 2.23. The number of fused-ring (bicyclic) bond motifs is 1. The van der Waals surface area contributed by atoms with Crippen molar-refractivity contribution in [2.24, 2.45) is 0 Å². The molecule has 0 saturated carbocycles. The Morgan fingerprint density at radius 2 is 1.53 bits per heavy atom. The number of rotatable bonds is 9. The summed E-state index contributed by atoms with van der Waals surface area (Å²) in [5, 5.41) is 6.13. The standard InChI is InChI=1S/C26H24N2O6/c1-3-32-17-12-14-18(15-13-17)33-16-23(29)28-24-19-8-4-6-10-21(19)34-25(24)26(30)27-20-9-5-7-11-22(20)31-2/h4-15H,3,16H2,1-2H3,(H,27,30)(H,28,29). The van der Waals surface area contributed by atoms with Crippen LogP contribution in [0.3, 0.4) is 0 Å². The Morgan fingerprint density at radius 1 is 0.853 bits per heavy atom. The zero-order chi connectivity index (χ0) is 23.9. The summed E-state index contributed by atoms with van der Waals surface area (Å²) in [6, 6.07) is 21.1. The number of carbonyl (C=O) groups is 2. The molecule has 0 spiro atoms. The smallest absolute Gasteiger partial charge is 0.293 e. The van der Waals surface area contributed by atoms with Gasteiger partial charge >= 0.3 is 0 Å². The van der Waals surface area contributed by atoms with Gasteiger partial charge in [0.15, 0.2) is 6.61 Å². The Bertz CT molecular complexity index is 1300. The predicted octanol–water partition coefficient (Wildman–Crippen LogP) is 5.11. The van der Waals surface area contributed by atoms with Crippen molar-refractivity contribution in [1.29, 1.82) is 0 Å². The molecule has 8 nitrogen and oxygen atoms in total. The van der Waals surface area contributed by atoms with Crippen LogP contribution in [0.4, 0.5) is 11.4 Å². The first kappa shape index (κ1) is 22.7. The molecule has 0 atom stereocenters. The minimum absolute atomic E-state index is 0.0264. The van der Waals surface area contributed by atoms with E-state index in [1.165, 1.54) is 7.11 Å². The van der Waals surface area contributed by atoms with Gasteiger partial charge in [-0.3, -0.25) is 9.59 Å². The van der Waals surface area contributed by atoms with Gasteiger partial charge in [-0.05, 0) is 55.5 Å². The van der Waals surface area contributed by atoms with Gasteiger partial charge < -0.3 is 29.3 Å². The van der Waals surface area contributed by atoms with Crippen molar-refractivity contribution >= 4 is 34.2 Å². The number of methoxy groups -OCH3 is 1. The summed E-state index contributed by atoms with van der Waals surface area (Å²) in [5.74, 6) is 0.748. The molecular weight excluding hydrogens is 436 g/mol. The summed E-state index contributed by atoms with van der Waals surface area (Å²) >= 11 is 0. The fourth-order valence-corrected chi connectivity index (χ4v) is 3.38. The van der Waals surface area contributed by atoms with Gasteiger partial charge in [0.1, 0.15) is 28.5 Å². The topological polar surface area (TPSA) is 99.0 Å². The quantitative estimate of drug-likeness (QED) is 0.360. The van der Waals surface area contributed by atoms with Gasteiger partial charge in [0.05, 0.1) is 19.4 Å². The molecule has 1 heterocycles. The SMILES string of the molecule is CCOc1ccc(OCC(=O)Nc2c(C(=O)Nc3ccccc3OC)oc3ccccc23)cc1. The molecule has 34 heavy (non-hydrogen) atoms. The lowest BCUT2D eigenvalue weighted by Gasteiger charge is -2.11. The number of hydrogen-bond acceptors (Lipinski definition) is 6. The molecule has 3 aromatic carbocycles. The second-order valence-electron chi connectivity index (χ2n) is 7.20. The Kier molecular flexibility index (Phi) is 6.98. The third-order valence-corrected chi connectivity index (χ3v) is 4.93. The molecule has 1 aromatic heterocycles. The molecule has 0 aliphatic carbocycles. The first-order valence-corrected chi connectivity index (χ1v) is 10.7. The van der Waals surface area contributed by atoms with Crippen LogP contribution in [0.5, 0.6) is 17.2 Å². The van der Waals surface area contributed by atoms with Crippen LogP contribution in [0.1, 0.15) is 17.5 Å². The average molecular weight is 460 g/mol. The van der Waals surface area contributed by atoms with Gasteiger partial charge in [-0.15, -0.1) is 0 Å². The van der Waals surface area contributed by atoms with Crippen LogP contribution >= 0.6 is 0 Å². The van der Waals surface area contributed by atoms with E-state index in [1.807, 2.05) is 6.92 Å². The Morgan fingerprint density at radius 3 is 2.26 bits per heavy atom. The monoisotopic (exact) mass is 460 g/mol. The highest BCUT2D eigenvalue weighted by molar-refractivity contribution is 6.15. The Hall–Kier alpha value is -4.46. The van der Waals surface area contributed by atoms with E-state index >= 15 is 0 Å². The van der Waals surface area contributed by atoms with Gasteiger partial charge in [-0.2, -0.15) is 0 Å². The average Bonchev–Trinajstić information content (AvgIpc) is 3.22. The van der Waals surface area contributed by atoms with Crippen LogP contribution in [0, 0.1) is 0 Å². The summed E-state index contributed by atoms with van der Waals surface area (Å²) in [7, 11) is 1.52. The second kappa shape index (κ2) is 10.4. The van der Waals surface area contributed by atoms with E-state index in [1.54, 1.807) is 72.8 Å². The molecular formula is C26H24N2O6. The molecule has 8 heteroatoms. The fraction of sp³-hybridized carbons (Fsp3) is 0.154. The van der Waals surface area contributed by atoms with Gasteiger partial charge in [-0.25, -0.2) is 0 Å². The molecule has 0 saturated heterocycles. The van der Waals surface area contributed by atoms with E-state index in [4.69, 9.17) is 18.6 Å². The normalized spacial score (nSPS) is 10.5. The van der Waals surface area contributed by atoms with E-state index in [9.17, 15) is 9.59 Å².